The van der Waals surface area contributed by atoms with Gasteiger partial charge in [0.15, 0.2) is 0 Å². The maximum atomic E-state index is 12.4. The topological polar surface area (TPSA) is 78.7 Å². The summed E-state index contributed by atoms with van der Waals surface area (Å²) in [7, 11) is -3.37. The minimum absolute atomic E-state index is 0.0306. The molecule has 0 aliphatic carbocycles. The Kier molecular flexibility index (Phi) is 5.80. The van der Waals surface area contributed by atoms with E-state index >= 15 is 0 Å². The SMILES string of the molecule is CCN1CCC(CNS(=O)(=O)N2CCCCC2CN)C1. The van der Waals surface area contributed by atoms with Crippen molar-refractivity contribution in [2.24, 2.45) is 11.7 Å². The van der Waals surface area contributed by atoms with Gasteiger partial charge in [0.2, 0.25) is 0 Å². The highest BCUT2D eigenvalue weighted by Gasteiger charge is 2.32. The summed E-state index contributed by atoms with van der Waals surface area (Å²) in [5.41, 5.74) is 5.70. The van der Waals surface area contributed by atoms with Gasteiger partial charge in [-0.2, -0.15) is 12.7 Å². The molecule has 2 atom stereocenters. The summed E-state index contributed by atoms with van der Waals surface area (Å²) in [6, 6.07) is -0.0306. The number of likely N-dealkylation sites (tertiary alicyclic amines) is 1. The fraction of sp³-hybridized carbons (Fsp3) is 1.00. The Hall–Kier alpha value is -0.210. The first-order valence-corrected chi connectivity index (χ1v) is 9.19. The molecule has 0 aromatic rings. The molecule has 2 saturated heterocycles. The van der Waals surface area contributed by atoms with Crippen molar-refractivity contribution in [2.75, 3.05) is 39.3 Å². The van der Waals surface area contributed by atoms with Crippen LogP contribution >= 0.6 is 0 Å². The third-order valence-corrected chi connectivity index (χ3v) is 6.16. The summed E-state index contributed by atoms with van der Waals surface area (Å²) in [4.78, 5) is 2.36. The number of nitrogens with zero attached hydrogens (tertiary/aromatic N) is 2. The highest BCUT2D eigenvalue weighted by molar-refractivity contribution is 7.87. The molecule has 2 heterocycles. The standard InChI is InChI=1S/C13H28N4O2S/c1-2-16-8-6-12(11-16)10-15-20(18,19)17-7-4-3-5-13(17)9-14/h12-13,15H,2-11,14H2,1H3. The molecule has 2 unspecified atom stereocenters. The molecule has 2 aliphatic heterocycles. The predicted octanol–water partition coefficient (Wildman–Crippen LogP) is -0.0242. The number of hydrogen-bond acceptors (Lipinski definition) is 4. The van der Waals surface area contributed by atoms with Gasteiger partial charge in [0.1, 0.15) is 0 Å². The lowest BCUT2D eigenvalue weighted by Crippen LogP contribution is -2.52. The van der Waals surface area contributed by atoms with Gasteiger partial charge in [0.05, 0.1) is 0 Å². The molecule has 6 nitrogen and oxygen atoms in total. The molecule has 0 saturated carbocycles. The van der Waals surface area contributed by atoms with Gasteiger partial charge in [0, 0.05) is 32.2 Å². The highest BCUT2D eigenvalue weighted by Crippen LogP contribution is 2.20. The van der Waals surface area contributed by atoms with Crippen molar-refractivity contribution in [3.05, 3.63) is 0 Å². The number of hydrogen-bond donors (Lipinski definition) is 2. The van der Waals surface area contributed by atoms with Gasteiger partial charge in [-0.05, 0) is 38.3 Å². The molecule has 0 amide bonds. The van der Waals surface area contributed by atoms with Gasteiger partial charge < -0.3 is 10.6 Å². The summed E-state index contributed by atoms with van der Waals surface area (Å²) in [5, 5.41) is 0. The number of rotatable bonds is 6. The molecule has 20 heavy (non-hydrogen) atoms. The Labute approximate surface area is 122 Å². The molecular formula is C13H28N4O2S. The van der Waals surface area contributed by atoms with E-state index in [0.29, 0.717) is 25.6 Å². The lowest BCUT2D eigenvalue weighted by atomic mass is 10.1. The maximum absolute atomic E-state index is 12.4. The highest BCUT2D eigenvalue weighted by atomic mass is 32.2. The van der Waals surface area contributed by atoms with E-state index in [4.69, 9.17) is 5.73 Å². The van der Waals surface area contributed by atoms with Crippen LogP contribution in [0.3, 0.4) is 0 Å². The third-order valence-electron chi connectivity index (χ3n) is 4.53. The molecule has 3 N–H and O–H groups in total. The van der Waals surface area contributed by atoms with Crippen LogP contribution in [0.1, 0.15) is 32.6 Å². The molecule has 0 radical (unpaired) electrons. The van der Waals surface area contributed by atoms with E-state index in [9.17, 15) is 8.42 Å². The normalized spacial score (nSPS) is 29.9. The van der Waals surface area contributed by atoms with Crippen molar-refractivity contribution in [3.8, 4) is 0 Å². The maximum Gasteiger partial charge on any atom is 0.279 e. The van der Waals surface area contributed by atoms with Crippen molar-refractivity contribution in [1.82, 2.24) is 13.9 Å². The second-order valence-corrected chi connectivity index (χ2v) is 7.61. The van der Waals surface area contributed by atoms with Crippen LogP contribution in [0.25, 0.3) is 0 Å². The lowest BCUT2D eigenvalue weighted by molar-refractivity contribution is 0.253. The molecule has 0 aromatic heterocycles. The summed E-state index contributed by atoms with van der Waals surface area (Å²) in [6.45, 7) is 6.83. The van der Waals surface area contributed by atoms with E-state index in [1.54, 1.807) is 4.31 Å². The van der Waals surface area contributed by atoms with E-state index in [-0.39, 0.29) is 6.04 Å². The molecule has 2 fully saturated rings. The number of piperidine rings is 1. The van der Waals surface area contributed by atoms with Crippen molar-refractivity contribution < 1.29 is 8.42 Å². The monoisotopic (exact) mass is 304 g/mol. The van der Waals surface area contributed by atoms with Crippen molar-refractivity contribution in [2.45, 2.75) is 38.6 Å². The summed E-state index contributed by atoms with van der Waals surface area (Å²) < 4.78 is 29.2. The van der Waals surface area contributed by atoms with Crippen LogP contribution in [0.15, 0.2) is 0 Å². The Balaban J connectivity index is 1.87. The Morgan fingerprint density at radius 1 is 1.25 bits per heavy atom. The van der Waals surface area contributed by atoms with Crippen molar-refractivity contribution in [1.29, 1.82) is 0 Å². The number of nitrogens with one attached hydrogen (secondary N) is 1. The van der Waals surface area contributed by atoms with E-state index in [2.05, 4.69) is 16.5 Å². The third kappa shape index (κ3) is 3.92. The van der Waals surface area contributed by atoms with Crippen LogP contribution in [0.5, 0.6) is 0 Å². The van der Waals surface area contributed by atoms with Gasteiger partial charge in [-0.3, -0.25) is 0 Å². The fourth-order valence-electron chi connectivity index (χ4n) is 3.20. The molecular weight excluding hydrogens is 276 g/mol. The minimum Gasteiger partial charge on any atom is -0.329 e. The second-order valence-electron chi connectivity index (χ2n) is 5.90. The van der Waals surface area contributed by atoms with Crippen molar-refractivity contribution >= 4 is 10.2 Å². The van der Waals surface area contributed by atoms with E-state index in [1.165, 1.54) is 0 Å². The predicted molar refractivity (Wildman–Crippen MR) is 80.5 cm³/mol. The van der Waals surface area contributed by atoms with E-state index in [1.807, 2.05) is 0 Å². The first-order valence-electron chi connectivity index (χ1n) is 7.75. The van der Waals surface area contributed by atoms with Crippen LogP contribution in [-0.4, -0.2) is 62.9 Å². The van der Waals surface area contributed by atoms with Gasteiger partial charge in [-0.1, -0.05) is 13.3 Å². The molecule has 0 aromatic carbocycles. The fourth-order valence-corrected chi connectivity index (χ4v) is 4.76. The summed E-state index contributed by atoms with van der Waals surface area (Å²) in [6.07, 6.45) is 3.97. The molecule has 2 rings (SSSR count). The van der Waals surface area contributed by atoms with Gasteiger partial charge in [-0.15, -0.1) is 0 Å². The van der Waals surface area contributed by atoms with Crippen LogP contribution in [0, 0.1) is 5.92 Å². The van der Waals surface area contributed by atoms with Crippen LogP contribution in [0.2, 0.25) is 0 Å². The zero-order chi connectivity index (χ0) is 14.6. The van der Waals surface area contributed by atoms with Crippen molar-refractivity contribution in [3.63, 3.8) is 0 Å². The molecule has 7 heteroatoms. The largest absolute Gasteiger partial charge is 0.329 e. The Morgan fingerprint density at radius 2 is 2.05 bits per heavy atom. The average molecular weight is 304 g/mol. The molecule has 2 aliphatic rings. The molecule has 0 bridgehead atoms. The zero-order valence-electron chi connectivity index (χ0n) is 12.4. The van der Waals surface area contributed by atoms with Gasteiger partial charge >= 0.3 is 0 Å². The Bertz CT molecular complexity index is 401. The van der Waals surface area contributed by atoms with E-state index in [0.717, 1.165) is 45.3 Å². The lowest BCUT2D eigenvalue weighted by Gasteiger charge is -2.34. The van der Waals surface area contributed by atoms with Crippen LogP contribution < -0.4 is 10.5 Å². The van der Waals surface area contributed by atoms with Crippen LogP contribution in [0.4, 0.5) is 0 Å². The summed E-state index contributed by atoms with van der Waals surface area (Å²) >= 11 is 0. The molecule has 118 valence electrons. The van der Waals surface area contributed by atoms with Gasteiger partial charge in [-0.25, -0.2) is 4.72 Å². The van der Waals surface area contributed by atoms with E-state index < -0.39 is 10.2 Å². The average Bonchev–Trinajstić information content (AvgIpc) is 2.93. The zero-order valence-corrected chi connectivity index (χ0v) is 13.2. The molecule has 0 spiro atoms. The first-order chi connectivity index (χ1) is 9.56. The summed E-state index contributed by atoms with van der Waals surface area (Å²) in [5.74, 6) is 0.436. The Morgan fingerprint density at radius 3 is 2.70 bits per heavy atom. The minimum atomic E-state index is -3.37. The smallest absolute Gasteiger partial charge is 0.279 e. The van der Waals surface area contributed by atoms with Gasteiger partial charge in [0.25, 0.3) is 10.2 Å². The second kappa shape index (κ2) is 7.17. The first kappa shape index (κ1) is 16.2. The number of nitrogens with two attached hydrogens (primary N) is 1. The quantitative estimate of drug-likeness (QED) is 0.723. The van der Waals surface area contributed by atoms with Crippen LogP contribution in [-0.2, 0) is 10.2 Å².